The first-order valence-electron chi connectivity index (χ1n) is 9.64. The van der Waals surface area contributed by atoms with E-state index in [4.69, 9.17) is 39.5 Å². The van der Waals surface area contributed by atoms with Crippen molar-refractivity contribution in [3.63, 3.8) is 0 Å². The normalized spacial score (nSPS) is 13.5. The summed E-state index contributed by atoms with van der Waals surface area (Å²) in [6, 6.07) is 17.4. The van der Waals surface area contributed by atoms with Gasteiger partial charge in [-0.1, -0.05) is 34.8 Å². The van der Waals surface area contributed by atoms with E-state index in [-0.39, 0.29) is 10.7 Å². The number of anilines is 2. The van der Waals surface area contributed by atoms with E-state index in [1.54, 1.807) is 61.5 Å². The Morgan fingerprint density at radius 1 is 0.848 bits per heavy atom. The van der Waals surface area contributed by atoms with Gasteiger partial charge in [-0.25, -0.2) is 9.69 Å². The van der Waals surface area contributed by atoms with Crippen LogP contribution in [0.25, 0.3) is 0 Å². The van der Waals surface area contributed by atoms with Crippen LogP contribution in [-0.4, -0.2) is 17.8 Å². The minimum absolute atomic E-state index is 0.0625. The molecule has 0 atom stereocenters. The summed E-state index contributed by atoms with van der Waals surface area (Å²) in [6.07, 6.45) is 0. The predicted molar refractivity (Wildman–Crippen MR) is 128 cm³/mol. The van der Waals surface area contributed by atoms with Crippen molar-refractivity contribution in [2.45, 2.75) is 6.92 Å². The zero-order chi connectivity index (χ0) is 23.7. The van der Waals surface area contributed by atoms with Crippen molar-refractivity contribution < 1.29 is 19.1 Å². The molecule has 0 bridgehead atoms. The maximum Gasteiger partial charge on any atom is 0.343 e. The summed E-state index contributed by atoms with van der Waals surface area (Å²) in [5.74, 6) is -1.44. The standard InChI is InChI=1S/C24H15Cl3N2O4/c1-13-12-16(26)6-11-19(13)29-22(30)20(27)21(23(29)31)28-17-7-2-14(3-8-17)24(32)33-18-9-4-15(25)5-10-18/h2-12,28H,1H3. The fourth-order valence-corrected chi connectivity index (χ4v) is 3.77. The number of hydrogen-bond acceptors (Lipinski definition) is 5. The number of nitrogens with one attached hydrogen (secondary N) is 1. The molecule has 2 amide bonds. The summed E-state index contributed by atoms with van der Waals surface area (Å²) in [5.41, 5.74) is 1.74. The number of imide groups is 1. The topological polar surface area (TPSA) is 75.7 Å². The molecule has 3 aromatic carbocycles. The van der Waals surface area contributed by atoms with Gasteiger partial charge >= 0.3 is 5.97 Å². The minimum Gasteiger partial charge on any atom is -0.423 e. The second-order valence-corrected chi connectivity index (χ2v) is 8.36. The van der Waals surface area contributed by atoms with Crippen molar-refractivity contribution in [2.75, 3.05) is 10.2 Å². The Morgan fingerprint density at radius 2 is 1.48 bits per heavy atom. The van der Waals surface area contributed by atoms with Gasteiger partial charge in [0.2, 0.25) is 0 Å². The van der Waals surface area contributed by atoms with Crippen LogP contribution in [0.1, 0.15) is 15.9 Å². The lowest BCUT2D eigenvalue weighted by molar-refractivity contribution is -0.120. The predicted octanol–water partition coefficient (Wildman–Crippen LogP) is 5.96. The van der Waals surface area contributed by atoms with E-state index < -0.39 is 17.8 Å². The molecule has 0 unspecified atom stereocenters. The van der Waals surface area contributed by atoms with Crippen molar-refractivity contribution in [2.24, 2.45) is 0 Å². The summed E-state index contributed by atoms with van der Waals surface area (Å²) in [5, 5.41) is 3.65. The Balaban J connectivity index is 1.49. The van der Waals surface area contributed by atoms with Crippen LogP contribution in [0.4, 0.5) is 11.4 Å². The molecule has 1 heterocycles. The van der Waals surface area contributed by atoms with E-state index in [1.165, 1.54) is 12.1 Å². The highest BCUT2D eigenvalue weighted by Gasteiger charge is 2.39. The number of esters is 1. The van der Waals surface area contributed by atoms with Gasteiger partial charge in [0.15, 0.2) is 0 Å². The van der Waals surface area contributed by atoms with Gasteiger partial charge in [0.25, 0.3) is 11.8 Å². The van der Waals surface area contributed by atoms with Crippen LogP contribution in [0.5, 0.6) is 5.75 Å². The molecule has 0 aromatic heterocycles. The zero-order valence-corrected chi connectivity index (χ0v) is 19.3. The number of rotatable bonds is 5. The lowest BCUT2D eigenvalue weighted by Crippen LogP contribution is -2.32. The number of ether oxygens (including phenoxy) is 1. The summed E-state index contributed by atoms with van der Waals surface area (Å²) in [6.45, 7) is 1.74. The molecule has 0 saturated carbocycles. The molecule has 166 valence electrons. The number of aryl methyl sites for hydroxylation is 1. The Bertz CT molecular complexity index is 1300. The van der Waals surface area contributed by atoms with Gasteiger partial charge in [-0.15, -0.1) is 0 Å². The molecule has 0 aliphatic carbocycles. The van der Waals surface area contributed by atoms with Crippen molar-refractivity contribution in [3.8, 4) is 5.75 Å². The number of amides is 2. The fourth-order valence-electron chi connectivity index (χ4n) is 3.20. The van der Waals surface area contributed by atoms with Gasteiger partial charge in [-0.2, -0.15) is 0 Å². The molecule has 0 saturated heterocycles. The smallest absolute Gasteiger partial charge is 0.343 e. The molecule has 1 aliphatic rings. The average Bonchev–Trinajstić information content (AvgIpc) is 2.99. The molecular formula is C24H15Cl3N2O4. The van der Waals surface area contributed by atoms with Crippen molar-refractivity contribution in [1.82, 2.24) is 0 Å². The fraction of sp³-hybridized carbons (Fsp3) is 0.0417. The lowest BCUT2D eigenvalue weighted by atomic mass is 10.2. The largest absolute Gasteiger partial charge is 0.423 e. The summed E-state index contributed by atoms with van der Waals surface area (Å²) in [4.78, 5) is 39.0. The second-order valence-electron chi connectivity index (χ2n) is 7.11. The Hall–Kier alpha value is -3.32. The van der Waals surface area contributed by atoms with E-state index in [2.05, 4.69) is 5.32 Å². The van der Waals surface area contributed by atoms with Gasteiger partial charge < -0.3 is 10.1 Å². The third-order valence-corrected chi connectivity index (χ3v) is 5.68. The van der Waals surface area contributed by atoms with E-state index in [0.29, 0.717) is 38.3 Å². The number of nitrogens with zero attached hydrogens (tertiary/aromatic N) is 1. The van der Waals surface area contributed by atoms with Crippen molar-refractivity contribution >= 4 is 64.0 Å². The SMILES string of the molecule is Cc1cc(Cl)ccc1N1C(=O)C(Cl)=C(Nc2ccc(C(=O)Oc3ccc(Cl)cc3)cc2)C1=O. The van der Waals surface area contributed by atoms with Crippen LogP contribution >= 0.6 is 34.8 Å². The molecule has 4 rings (SSSR count). The number of carbonyl (C=O) groups excluding carboxylic acids is 3. The highest BCUT2D eigenvalue weighted by molar-refractivity contribution is 6.53. The van der Waals surface area contributed by atoms with Crippen molar-refractivity contribution in [1.29, 1.82) is 0 Å². The molecule has 1 aliphatic heterocycles. The van der Waals surface area contributed by atoms with E-state index in [9.17, 15) is 14.4 Å². The summed E-state index contributed by atoms with van der Waals surface area (Å²) < 4.78 is 5.30. The molecule has 0 fully saturated rings. The number of benzene rings is 3. The van der Waals surface area contributed by atoms with Gasteiger partial charge in [-0.05, 0) is 79.2 Å². The van der Waals surface area contributed by atoms with Gasteiger partial charge in [0, 0.05) is 15.7 Å². The Morgan fingerprint density at radius 3 is 2.12 bits per heavy atom. The highest BCUT2D eigenvalue weighted by atomic mass is 35.5. The summed E-state index contributed by atoms with van der Waals surface area (Å²) in [7, 11) is 0. The van der Waals surface area contributed by atoms with E-state index >= 15 is 0 Å². The number of carbonyl (C=O) groups is 3. The molecule has 9 heteroatoms. The molecule has 33 heavy (non-hydrogen) atoms. The third-order valence-electron chi connectivity index (χ3n) is 4.84. The lowest BCUT2D eigenvalue weighted by Gasteiger charge is -2.17. The third kappa shape index (κ3) is 4.73. The van der Waals surface area contributed by atoms with Crippen molar-refractivity contribution in [3.05, 3.63) is 98.6 Å². The highest BCUT2D eigenvalue weighted by Crippen LogP contribution is 2.33. The minimum atomic E-state index is -0.641. The maximum atomic E-state index is 13.0. The Labute approximate surface area is 204 Å². The zero-order valence-electron chi connectivity index (χ0n) is 17.1. The first-order valence-corrected chi connectivity index (χ1v) is 10.8. The van der Waals surface area contributed by atoms with E-state index in [0.717, 1.165) is 4.90 Å². The molecule has 3 aromatic rings. The first kappa shape index (κ1) is 22.9. The van der Waals surface area contributed by atoms with Gasteiger partial charge in [0.1, 0.15) is 16.5 Å². The van der Waals surface area contributed by atoms with Crippen LogP contribution in [0.2, 0.25) is 10.0 Å². The second kappa shape index (κ2) is 9.27. The molecule has 1 N–H and O–H groups in total. The van der Waals surface area contributed by atoms with Crippen LogP contribution in [0.15, 0.2) is 77.5 Å². The van der Waals surface area contributed by atoms with E-state index in [1.807, 2.05) is 0 Å². The van der Waals surface area contributed by atoms with Crippen LogP contribution in [0.3, 0.4) is 0 Å². The van der Waals surface area contributed by atoms with Gasteiger partial charge in [0.05, 0.1) is 11.3 Å². The number of hydrogen-bond donors (Lipinski definition) is 1. The van der Waals surface area contributed by atoms with Gasteiger partial charge in [-0.3, -0.25) is 9.59 Å². The van der Waals surface area contributed by atoms with Crippen LogP contribution in [-0.2, 0) is 9.59 Å². The van der Waals surface area contributed by atoms with Crippen LogP contribution in [0, 0.1) is 6.92 Å². The average molecular weight is 502 g/mol. The molecule has 0 radical (unpaired) electrons. The maximum absolute atomic E-state index is 13.0. The summed E-state index contributed by atoms with van der Waals surface area (Å²) >= 11 is 18.0. The first-order chi connectivity index (χ1) is 15.7. The molecular weight excluding hydrogens is 487 g/mol. The monoisotopic (exact) mass is 500 g/mol. The Kier molecular flexibility index (Phi) is 6.42. The quantitative estimate of drug-likeness (QED) is 0.265. The molecule has 6 nitrogen and oxygen atoms in total. The molecule has 0 spiro atoms. The number of halogens is 3. The van der Waals surface area contributed by atoms with Crippen LogP contribution < -0.4 is 15.0 Å².